The molecule has 18 heavy (non-hydrogen) atoms. The fourth-order valence-electron chi connectivity index (χ4n) is 1.79. The average molecular weight is 279 g/mol. The van der Waals surface area contributed by atoms with E-state index in [1.807, 2.05) is 6.92 Å². The van der Waals surface area contributed by atoms with Crippen LogP contribution in [-0.4, -0.2) is 57.8 Å². The number of sulfone groups is 1. The Morgan fingerprint density at radius 1 is 1.50 bits per heavy atom. The van der Waals surface area contributed by atoms with Gasteiger partial charge in [-0.05, 0) is 13.8 Å². The summed E-state index contributed by atoms with van der Waals surface area (Å²) in [6.45, 7) is 4.95. The topological polar surface area (TPSA) is 81.7 Å². The SMILES string of the molecule is CCOCC(C)OC(=O)CC1CS(=O)(=O)CCN1. The number of esters is 1. The normalized spacial score (nSPS) is 24.4. The van der Waals surface area contributed by atoms with Crippen LogP contribution in [0.15, 0.2) is 0 Å². The molecule has 1 heterocycles. The van der Waals surface area contributed by atoms with Gasteiger partial charge in [0.15, 0.2) is 9.84 Å². The van der Waals surface area contributed by atoms with Crippen LogP contribution in [0.5, 0.6) is 0 Å². The third-order valence-electron chi connectivity index (χ3n) is 2.60. The Kier molecular flexibility index (Phi) is 6.04. The summed E-state index contributed by atoms with van der Waals surface area (Å²) >= 11 is 0. The molecule has 2 unspecified atom stereocenters. The standard InChI is InChI=1S/C11H21NO5S/c1-3-16-7-9(2)17-11(13)6-10-8-18(14,15)5-4-12-10/h9-10,12H,3-8H2,1-2H3. The molecule has 0 bridgehead atoms. The summed E-state index contributed by atoms with van der Waals surface area (Å²) in [5.74, 6) is -0.252. The summed E-state index contributed by atoms with van der Waals surface area (Å²) < 4.78 is 33.0. The van der Waals surface area contributed by atoms with Gasteiger partial charge in [-0.2, -0.15) is 0 Å². The molecule has 0 radical (unpaired) electrons. The molecule has 6 nitrogen and oxygen atoms in total. The van der Waals surface area contributed by atoms with E-state index in [-0.39, 0.29) is 30.1 Å². The Morgan fingerprint density at radius 3 is 2.83 bits per heavy atom. The second kappa shape index (κ2) is 7.06. The number of rotatable bonds is 6. The third-order valence-corrected chi connectivity index (χ3v) is 4.34. The predicted molar refractivity (Wildman–Crippen MR) is 67.1 cm³/mol. The van der Waals surface area contributed by atoms with Gasteiger partial charge in [0.1, 0.15) is 6.10 Å². The molecule has 1 N–H and O–H groups in total. The summed E-state index contributed by atoms with van der Waals surface area (Å²) in [4.78, 5) is 11.6. The minimum Gasteiger partial charge on any atom is -0.460 e. The molecule has 0 aromatic heterocycles. The van der Waals surface area contributed by atoms with Crippen molar-refractivity contribution < 1.29 is 22.7 Å². The first-order valence-electron chi connectivity index (χ1n) is 6.14. The maximum atomic E-state index is 11.6. The average Bonchev–Trinajstić information content (AvgIpc) is 2.24. The van der Waals surface area contributed by atoms with Gasteiger partial charge in [-0.15, -0.1) is 0 Å². The maximum Gasteiger partial charge on any atom is 0.307 e. The minimum atomic E-state index is -3.02. The van der Waals surface area contributed by atoms with E-state index >= 15 is 0 Å². The van der Waals surface area contributed by atoms with Crippen molar-refractivity contribution >= 4 is 15.8 Å². The highest BCUT2D eigenvalue weighted by molar-refractivity contribution is 7.91. The highest BCUT2D eigenvalue weighted by Gasteiger charge is 2.26. The number of hydrogen-bond acceptors (Lipinski definition) is 6. The first-order chi connectivity index (χ1) is 8.43. The molecule has 0 saturated carbocycles. The van der Waals surface area contributed by atoms with Gasteiger partial charge in [-0.1, -0.05) is 0 Å². The zero-order chi connectivity index (χ0) is 13.6. The van der Waals surface area contributed by atoms with Crippen molar-refractivity contribution in [3.05, 3.63) is 0 Å². The van der Waals surface area contributed by atoms with Gasteiger partial charge in [0, 0.05) is 19.2 Å². The summed E-state index contributed by atoms with van der Waals surface area (Å²) in [7, 11) is -3.02. The van der Waals surface area contributed by atoms with Crippen LogP contribution in [0.4, 0.5) is 0 Å². The first-order valence-corrected chi connectivity index (χ1v) is 7.96. The van der Waals surface area contributed by atoms with Crippen LogP contribution in [0.1, 0.15) is 20.3 Å². The molecular weight excluding hydrogens is 258 g/mol. The van der Waals surface area contributed by atoms with Crippen LogP contribution in [0, 0.1) is 0 Å². The van der Waals surface area contributed by atoms with Gasteiger partial charge in [0.2, 0.25) is 0 Å². The van der Waals surface area contributed by atoms with E-state index < -0.39 is 15.8 Å². The molecule has 1 rings (SSSR count). The molecule has 0 aromatic carbocycles. The van der Waals surface area contributed by atoms with E-state index in [1.54, 1.807) is 6.92 Å². The smallest absolute Gasteiger partial charge is 0.307 e. The van der Waals surface area contributed by atoms with Crippen LogP contribution in [0.3, 0.4) is 0 Å². The van der Waals surface area contributed by atoms with Crippen LogP contribution < -0.4 is 5.32 Å². The Labute approximate surface area is 108 Å². The number of ether oxygens (including phenoxy) is 2. The molecule has 106 valence electrons. The van der Waals surface area contributed by atoms with Gasteiger partial charge < -0.3 is 14.8 Å². The van der Waals surface area contributed by atoms with Crippen molar-refractivity contribution in [3.8, 4) is 0 Å². The maximum absolute atomic E-state index is 11.6. The van der Waals surface area contributed by atoms with E-state index in [1.165, 1.54) is 0 Å². The van der Waals surface area contributed by atoms with E-state index in [9.17, 15) is 13.2 Å². The highest BCUT2D eigenvalue weighted by atomic mass is 32.2. The van der Waals surface area contributed by atoms with Gasteiger partial charge in [0.25, 0.3) is 0 Å². The number of hydrogen-bond donors (Lipinski definition) is 1. The van der Waals surface area contributed by atoms with Gasteiger partial charge in [0.05, 0.1) is 24.5 Å². The van der Waals surface area contributed by atoms with Gasteiger partial charge >= 0.3 is 5.97 Å². The summed E-state index contributed by atoms with van der Waals surface area (Å²) in [5.41, 5.74) is 0. The Balaban J connectivity index is 2.31. The van der Waals surface area contributed by atoms with Crippen molar-refractivity contribution in [1.29, 1.82) is 0 Å². The minimum absolute atomic E-state index is 0.00193. The molecule has 1 aliphatic heterocycles. The fraction of sp³-hybridized carbons (Fsp3) is 0.909. The van der Waals surface area contributed by atoms with Gasteiger partial charge in [-0.25, -0.2) is 8.42 Å². The van der Waals surface area contributed by atoms with Crippen molar-refractivity contribution in [2.75, 3.05) is 31.3 Å². The number of carbonyl (C=O) groups is 1. The summed E-state index contributed by atoms with van der Waals surface area (Å²) in [6.07, 6.45) is -0.229. The fourth-order valence-corrected chi connectivity index (χ4v) is 3.23. The first kappa shape index (κ1) is 15.4. The number of nitrogens with one attached hydrogen (secondary N) is 1. The Morgan fingerprint density at radius 2 is 2.22 bits per heavy atom. The molecule has 0 amide bonds. The second-order valence-electron chi connectivity index (χ2n) is 4.43. The highest BCUT2D eigenvalue weighted by Crippen LogP contribution is 2.07. The molecule has 0 aliphatic carbocycles. The van der Waals surface area contributed by atoms with E-state index in [0.717, 1.165) is 0 Å². The zero-order valence-corrected chi connectivity index (χ0v) is 11.7. The monoisotopic (exact) mass is 279 g/mol. The van der Waals surface area contributed by atoms with E-state index in [4.69, 9.17) is 9.47 Å². The molecule has 0 spiro atoms. The lowest BCUT2D eigenvalue weighted by atomic mass is 10.2. The molecule has 1 aliphatic rings. The molecule has 2 atom stereocenters. The Bertz CT molecular complexity index is 368. The summed E-state index contributed by atoms with van der Waals surface area (Å²) in [6, 6.07) is -0.337. The lowest BCUT2D eigenvalue weighted by molar-refractivity contribution is -0.151. The predicted octanol–water partition coefficient (Wildman–Crippen LogP) is -0.269. The van der Waals surface area contributed by atoms with Crippen molar-refractivity contribution in [1.82, 2.24) is 5.32 Å². The van der Waals surface area contributed by atoms with Crippen LogP contribution in [0.2, 0.25) is 0 Å². The molecular formula is C11H21NO5S. The molecule has 7 heteroatoms. The van der Waals surface area contributed by atoms with Crippen LogP contribution in [-0.2, 0) is 24.1 Å². The number of carbonyl (C=O) groups excluding carboxylic acids is 1. The largest absolute Gasteiger partial charge is 0.460 e. The second-order valence-corrected chi connectivity index (χ2v) is 6.66. The van der Waals surface area contributed by atoms with E-state index in [0.29, 0.717) is 19.8 Å². The lowest BCUT2D eigenvalue weighted by Gasteiger charge is -2.23. The third kappa shape index (κ3) is 5.79. The van der Waals surface area contributed by atoms with Crippen molar-refractivity contribution in [2.24, 2.45) is 0 Å². The lowest BCUT2D eigenvalue weighted by Crippen LogP contribution is -2.46. The Hall–Kier alpha value is -0.660. The quantitative estimate of drug-likeness (QED) is 0.674. The molecule has 1 saturated heterocycles. The summed E-state index contributed by atoms with van der Waals surface area (Å²) in [5, 5.41) is 3.01. The van der Waals surface area contributed by atoms with Crippen LogP contribution in [0.25, 0.3) is 0 Å². The van der Waals surface area contributed by atoms with Crippen LogP contribution >= 0.6 is 0 Å². The van der Waals surface area contributed by atoms with E-state index in [2.05, 4.69) is 5.32 Å². The molecule has 0 aromatic rings. The molecule has 1 fully saturated rings. The van der Waals surface area contributed by atoms with Gasteiger partial charge in [-0.3, -0.25) is 4.79 Å². The van der Waals surface area contributed by atoms with Crippen molar-refractivity contribution in [3.63, 3.8) is 0 Å². The van der Waals surface area contributed by atoms with Crippen molar-refractivity contribution in [2.45, 2.75) is 32.4 Å². The zero-order valence-electron chi connectivity index (χ0n) is 10.8.